The van der Waals surface area contributed by atoms with E-state index in [4.69, 9.17) is 11.6 Å². The van der Waals surface area contributed by atoms with Gasteiger partial charge in [-0.15, -0.1) is 0 Å². The summed E-state index contributed by atoms with van der Waals surface area (Å²) in [6.07, 6.45) is 4.36. The van der Waals surface area contributed by atoms with Gasteiger partial charge in [-0.2, -0.15) is 0 Å². The second kappa shape index (κ2) is 5.30. The van der Waals surface area contributed by atoms with Crippen LogP contribution in [0.1, 0.15) is 35.4 Å². The SMILES string of the molecule is Cc1nc(Cl)c(C=O)c(N2CCC3CCC(C2)N3C)n1. The number of likely N-dealkylation sites (N-methyl/N-ethyl adjacent to an activating group) is 1. The Bertz CT molecular complexity index is 536. The van der Waals surface area contributed by atoms with Gasteiger partial charge >= 0.3 is 0 Å². The highest BCUT2D eigenvalue weighted by Crippen LogP contribution is 2.32. The molecule has 20 heavy (non-hydrogen) atoms. The molecular weight excluding hydrogens is 276 g/mol. The van der Waals surface area contributed by atoms with E-state index in [9.17, 15) is 4.79 Å². The number of nitrogens with zero attached hydrogens (tertiary/aromatic N) is 4. The van der Waals surface area contributed by atoms with E-state index in [0.717, 1.165) is 25.8 Å². The van der Waals surface area contributed by atoms with Crippen molar-refractivity contribution < 1.29 is 4.79 Å². The Morgan fingerprint density at radius 3 is 2.75 bits per heavy atom. The second-order valence-electron chi connectivity index (χ2n) is 5.70. The largest absolute Gasteiger partial charge is 0.354 e. The van der Waals surface area contributed by atoms with E-state index in [1.165, 1.54) is 12.8 Å². The van der Waals surface area contributed by atoms with Gasteiger partial charge in [0.25, 0.3) is 0 Å². The fraction of sp³-hybridized carbons (Fsp3) is 0.643. The van der Waals surface area contributed by atoms with Gasteiger partial charge in [0, 0.05) is 25.2 Å². The quantitative estimate of drug-likeness (QED) is 0.616. The lowest BCUT2D eigenvalue weighted by Crippen LogP contribution is -2.37. The van der Waals surface area contributed by atoms with Crippen LogP contribution in [0.3, 0.4) is 0 Å². The minimum atomic E-state index is 0.255. The van der Waals surface area contributed by atoms with Crippen LogP contribution in [0.2, 0.25) is 5.15 Å². The van der Waals surface area contributed by atoms with Crippen molar-refractivity contribution in [3.05, 3.63) is 16.5 Å². The molecule has 0 aliphatic carbocycles. The zero-order valence-electron chi connectivity index (χ0n) is 11.8. The number of fused-ring (bicyclic) bond motifs is 2. The summed E-state index contributed by atoms with van der Waals surface area (Å²) in [5.41, 5.74) is 0.415. The molecule has 3 heterocycles. The first kappa shape index (κ1) is 13.8. The highest BCUT2D eigenvalue weighted by molar-refractivity contribution is 6.32. The molecule has 6 heteroatoms. The van der Waals surface area contributed by atoms with Gasteiger partial charge in [0.2, 0.25) is 0 Å². The predicted octanol–water partition coefficient (Wildman–Crippen LogP) is 1.92. The number of aldehydes is 1. The number of hydrogen-bond donors (Lipinski definition) is 0. The van der Waals surface area contributed by atoms with E-state index >= 15 is 0 Å². The molecule has 108 valence electrons. The molecule has 0 N–H and O–H groups in total. The normalized spacial score (nSPS) is 26.6. The molecule has 5 nitrogen and oxygen atoms in total. The van der Waals surface area contributed by atoms with Crippen molar-refractivity contribution in [3.8, 4) is 0 Å². The number of carbonyl (C=O) groups excluding carboxylic acids is 1. The summed E-state index contributed by atoms with van der Waals surface area (Å²) in [6, 6.07) is 1.19. The summed E-state index contributed by atoms with van der Waals surface area (Å²) < 4.78 is 0. The van der Waals surface area contributed by atoms with Crippen LogP contribution >= 0.6 is 11.6 Å². The van der Waals surface area contributed by atoms with Gasteiger partial charge in [-0.1, -0.05) is 11.6 Å². The van der Waals surface area contributed by atoms with Crippen molar-refractivity contribution in [2.75, 3.05) is 25.0 Å². The van der Waals surface area contributed by atoms with Gasteiger partial charge < -0.3 is 4.90 Å². The van der Waals surface area contributed by atoms with Crippen LogP contribution in [0.25, 0.3) is 0 Å². The lowest BCUT2D eigenvalue weighted by molar-refractivity contribution is 0.112. The minimum absolute atomic E-state index is 0.255. The molecule has 2 atom stereocenters. The summed E-state index contributed by atoms with van der Waals surface area (Å²) in [6.45, 7) is 3.62. The summed E-state index contributed by atoms with van der Waals surface area (Å²) in [7, 11) is 2.20. The predicted molar refractivity (Wildman–Crippen MR) is 78.6 cm³/mol. The number of anilines is 1. The Morgan fingerprint density at radius 2 is 2.00 bits per heavy atom. The van der Waals surface area contributed by atoms with Crippen LogP contribution in [-0.4, -0.2) is 53.4 Å². The Balaban J connectivity index is 1.95. The van der Waals surface area contributed by atoms with E-state index < -0.39 is 0 Å². The van der Waals surface area contributed by atoms with E-state index in [1.807, 2.05) is 0 Å². The molecule has 1 aromatic rings. The zero-order chi connectivity index (χ0) is 14.3. The van der Waals surface area contributed by atoms with Crippen molar-refractivity contribution in [1.29, 1.82) is 0 Å². The van der Waals surface area contributed by atoms with Crippen molar-refractivity contribution in [1.82, 2.24) is 14.9 Å². The van der Waals surface area contributed by atoms with Crippen LogP contribution in [0.4, 0.5) is 5.82 Å². The maximum Gasteiger partial charge on any atom is 0.156 e. The number of carbonyl (C=O) groups is 1. The third-order valence-electron chi connectivity index (χ3n) is 4.56. The molecule has 2 unspecified atom stereocenters. The highest BCUT2D eigenvalue weighted by atomic mass is 35.5. The first-order valence-electron chi connectivity index (χ1n) is 7.06. The molecule has 1 aromatic heterocycles. The topological polar surface area (TPSA) is 49.3 Å². The molecule has 0 spiro atoms. The monoisotopic (exact) mass is 294 g/mol. The van der Waals surface area contributed by atoms with Crippen LogP contribution in [-0.2, 0) is 0 Å². The standard InChI is InChI=1S/C14H19ClN4O/c1-9-16-13(15)12(8-20)14(17-9)19-6-5-10-3-4-11(7-19)18(10)2/h8,10-11H,3-7H2,1-2H3. The maximum absolute atomic E-state index is 11.3. The first-order chi connectivity index (χ1) is 9.60. The van der Waals surface area contributed by atoms with Gasteiger partial charge in [0.15, 0.2) is 6.29 Å². The van der Waals surface area contributed by atoms with Crippen molar-refractivity contribution >= 4 is 23.7 Å². The number of hydrogen-bond acceptors (Lipinski definition) is 5. The number of aryl methyl sites for hydroxylation is 1. The molecule has 2 saturated heterocycles. The van der Waals surface area contributed by atoms with Crippen molar-refractivity contribution in [2.24, 2.45) is 0 Å². The molecule has 2 bridgehead atoms. The number of aromatic nitrogens is 2. The fourth-order valence-corrected chi connectivity index (χ4v) is 3.63. The Hall–Kier alpha value is -1.20. The first-order valence-corrected chi connectivity index (χ1v) is 7.44. The van der Waals surface area contributed by atoms with Gasteiger partial charge in [-0.05, 0) is 33.2 Å². The summed E-state index contributed by atoms with van der Waals surface area (Å²) in [5, 5.41) is 0.255. The van der Waals surface area contributed by atoms with Crippen molar-refractivity contribution in [2.45, 2.75) is 38.3 Å². The molecule has 0 saturated carbocycles. The smallest absolute Gasteiger partial charge is 0.156 e. The van der Waals surface area contributed by atoms with Crippen LogP contribution in [0, 0.1) is 6.92 Å². The lowest BCUT2D eigenvalue weighted by atomic mass is 10.1. The lowest BCUT2D eigenvalue weighted by Gasteiger charge is -2.27. The fourth-order valence-electron chi connectivity index (χ4n) is 3.38. The van der Waals surface area contributed by atoms with Gasteiger partial charge in [0.05, 0.1) is 5.56 Å². The van der Waals surface area contributed by atoms with Crippen LogP contribution in [0.5, 0.6) is 0 Å². The third kappa shape index (κ3) is 2.29. The summed E-state index contributed by atoms with van der Waals surface area (Å²) in [4.78, 5) is 24.5. The molecule has 0 aromatic carbocycles. The zero-order valence-corrected chi connectivity index (χ0v) is 12.6. The maximum atomic E-state index is 11.3. The molecule has 0 radical (unpaired) electrons. The number of rotatable bonds is 2. The van der Waals surface area contributed by atoms with E-state index in [0.29, 0.717) is 29.3 Å². The molecular formula is C14H19ClN4O. The van der Waals surface area contributed by atoms with E-state index in [2.05, 4.69) is 26.8 Å². The minimum Gasteiger partial charge on any atom is -0.354 e. The Labute approximate surface area is 123 Å². The number of halogens is 1. The Morgan fingerprint density at radius 1 is 1.25 bits per heavy atom. The molecule has 2 fully saturated rings. The Kier molecular flexibility index (Phi) is 3.65. The second-order valence-corrected chi connectivity index (χ2v) is 6.06. The van der Waals surface area contributed by atoms with E-state index in [-0.39, 0.29) is 5.15 Å². The average Bonchev–Trinajstić information content (AvgIpc) is 2.62. The van der Waals surface area contributed by atoms with Gasteiger partial charge in [0.1, 0.15) is 16.8 Å². The molecule has 2 aliphatic rings. The third-order valence-corrected chi connectivity index (χ3v) is 4.84. The highest BCUT2D eigenvalue weighted by Gasteiger charge is 2.35. The van der Waals surface area contributed by atoms with Crippen molar-refractivity contribution in [3.63, 3.8) is 0 Å². The summed E-state index contributed by atoms with van der Waals surface area (Å²) >= 11 is 6.08. The molecule has 3 rings (SSSR count). The van der Waals surface area contributed by atoms with Gasteiger partial charge in [-0.3, -0.25) is 9.69 Å². The van der Waals surface area contributed by atoms with E-state index in [1.54, 1.807) is 6.92 Å². The summed E-state index contributed by atoms with van der Waals surface area (Å²) in [5.74, 6) is 1.30. The average molecular weight is 295 g/mol. The molecule has 0 amide bonds. The van der Waals surface area contributed by atoms with Gasteiger partial charge in [-0.25, -0.2) is 9.97 Å². The van der Waals surface area contributed by atoms with Crippen LogP contribution in [0.15, 0.2) is 0 Å². The molecule has 2 aliphatic heterocycles. The van der Waals surface area contributed by atoms with Crippen LogP contribution < -0.4 is 4.90 Å².